The van der Waals surface area contributed by atoms with Gasteiger partial charge in [0.05, 0.1) is 21.8 Å². The number of nitrogens with two attached hydrogens (primary N) is 1. The second kappa shape index (κ2) is 6.15. The molecule has 0 radical (unpaired) electrons. The summed E-state index contributed by atoms with van der Waals surface area (Å²) >= 11 is 0. The highest BCUT2D eigenvalue weighted by Crippen LogP contribution is 2.34. The predicted molar refractivity (Wildman–Crippen MR) is 72.9 cm³/mol. The lowest BCUT2D eigenvalue weighted by molar-refractivity contribution is -0.137. The lowest BCUT2D eigenvalue weighted by Crippen LogP contribution is -2.34. The lowest BCUT2D eigenvalue weighted by Gasteiger charge is -2.25. The molecule has 0 unspecified atom stereocenters. The van der Waals surface area contributed by atoms with Crippen molar-refractivity contribution in [2.75, 3.05) is 6.61 Å². The number of rotatable bonds is 5. The summed E-state index contributed by atoms with van der Waals surface area (Å²) in [6.45, 7) is 2.43. The largest absolute Gasteiger partial charge is 0.450 e. The Morgan fingerprint density at radius 3 is 2.36 bits per heavy atom. The van der Waals surface area contributed by atoms with E-state index in [1.807, 2.05) is 0 Å². The second-order valence-electron chi connectivity index (χ2n) is 5.21. The molecule has 2 N–H and O–H groups in total. The minimum Gasteiger partial charge on any atom is -0.450 e. The molecular formula is C13H16F3NO4S. The van der Waals surface area contributed by atoms with Crippen molar-refractivity contribution >= 4 is 15.9 Å². The van der Waals surface area contributed by atoms with E-state index in [0.717, 1.165) is 18.2 Å². The minimum absolute atomic E-state index is 0.103. The summed E-state index contributed by atoms with van der Waals surface area (Å²) in [4.78, 5) is 10.0. The smallest absolute Gasteiger partial charge is 0.416 e. The molecule has 0 saturated heterocycles. The molecule has 0 fully saturated rings. The van der Waals surface area contributed by atoms with Crippen LogP contribution in [0.5, 0.6) is 0 Å². The Morgan fingerprint density at radius 2 is 1.86 bits per heavy atom. The maximum atomic E-state index is 12.7. The summed E-state index contributed by atoms with van der Waals surface area (Å²) in [5.74, 6) is 0. The first-order valence-electron chi connectivity index (χ1n) is 6.22. The molecule has 124 valence electrons. The molecular weight excluding hydrogens is 323 g/mol. The van der Waals surface area contributed by atoms with Gasteiger partial charge in [-0.05, 0) is 32.0 Å². The number of ether oxygens (including phenoxy) is 1. The highest BCUT2D eigenvalue weighted by Gasteiger charge is 2.38. The third-order valence-electron chi connectivity index (χ3n) is 3.15. The van der Waals surface area contributed by atoms with Gasteiger partial charge >= 0.3 is 12.3 Å². The molecule has 0 spiro atoms. The van der Waals surface area contributed by atoms with Gasteiger partial charge in [0.1, 0.15) is 0 Å². The first-order chi connectivity index (χ1) is 9.88. The first-order valence-corrected chi connectivity index (χ1v) is 7.70. The maximum Gasteiger partial charge on any atom is 0.416 e. The van der Waals surface area contributed by atoms with Gasteiger partial charge in [0.15, 0.2) is 9.84 Å². The van der Waals surface area contributed by atoms with Crippen LogP contribution in [0.15, 0.2) is 29.2 Å². The Balaban J connectivity index is 3.10. The molecule has 1 aromatic rings. The van der Waals surface area contributed by atoms with Gasteiger partial charge in [-0.3, -0.25) is 0 Å². The molecule has 0 atom stereocenters. The molecule has 22 heavy (non-hydrogen) atoms. The molecule has 0 bridgehead atoms. The number of benzene rings is 1. The number of primary amides is 1. The molecule has 0 saturated carbocycles. The fraction of sp³-hybridized carbons (Fsp3) is 0.462. The van der Waals surface area contributed by atoms with Crippen LogP contribution in [0.2, 0.25) is 0 Å². The number of halogens is 3. The first kappa shape index (κ1) is 18.3. The van der Waals surface area contributed by atoms with Crippen LogP contribution in [0.4, 0.5) is 18.0 Å². The van der Waals surface area contributed by atoms with Gasteiger partial charge < -0.3 is 10.5 Å². The van der Waals surface area contributed by atoms with E-state index in [9.17, 15) is 26.4 Å². The van der Waals surface area contributed by atoms with Crippen molar-refractivity contribution in [3.8, 4) is 0 Å². The SMILES string of the molecule is CC(C)(CCOC(N)=O)S(=O)(=O)c1cccc(C(F)(F)F)c1. The number of amides is 1. The van der Waals surface area contributed by atoms with E-state index >= 15 is 0 Å². The number of carbonyl (C=O) groups is 1. The summed E-state index contributed by atoms with van der Waals surface area (Å²) in [7, 11) is -4.05. The Morgan fingerprint density at radius 1 is 1.27 bits per heavy atom. The van der Waals surface area contributed by atoms with Crippen LogP contribution in [0.25, 0.3) is 0 Å². The number of hydrogen-bond acceptors (Lipinski definition) is 4. The van der Waals surface area contributed by atoms with Gasteiger partial charge in [-0.1, -0.05) is 6.07 Å². The van der Waals surface area contributed by atoms with Crippen LogP contribution in [0.1, 0.15) is 25.8 Å². The fourth-order valence-electron chi connectivity index (χ4n) is 1.69. The van der Waals surface area contributed by atoms with Crippen molar-refractivity contribution in [3.05, 3.63) is 29.8 Å². The highest BCUT2D eigenvalue weighted by atomic mass is 32.2. The van der Waals surface area contributed by atoms with Gasteiger partial charge in [0.25, 0.3) is 0 Å². The summed E-state index contributed by atoms with van der Waals surface area (Å²) < 4.78 is 66.0. The topological polar surface area (TPSA) is 86.5 Å². The molecule has 1 amide bonds. The predicted octanol–water partition coefficient (Wildman–Crippen LogP) is 2.74. The third-order valence-corrected chi connectivity index (χ3v) is 5.68. The number of alkyl halides is 3. The van der Waals surface area contributed by atoms with Gasteiger partial charge in [-0.15, -0.1) is 0 Å². The van der Waals surface area contributed by atoms with Crippen molar-refractivity contribution in [3.63, 3.8) is 0 Å². The molecule has 1 rings (SSSR count). The average Bonchev–Trinajstić information content (AvgIpc) is 2.37. The Hall–Kier alpha value is -1.77. The van der Waals surface area contributed by atoms with Crippen molar-refractivity contribution in [2.24, 2.45) is 5.73 Å². The molecule has 0 aromatic heterocycles. The van der Waals surface area contributed by atoms with Crippen LogP contribution in [-0.4, -0.2) is 25.9 Å². The van der Waals surface area contributed by atoms with E-state index in [1.54, 1.807) is 0 Å². The van der Waals surface area contributed by atoms with Crippen molar-refractivity contribution in [2.45, 2.75) is 36.1 Å². The van der Waals surface area contributed by atoms with E-state index in [1.165, 1.54) is 13.8 Å². The van der Waals surface area contributed by atoms with E-state index in [0.29, 0.717) is 6.07 Å². The monoisotopic (exact) mass is 339 g/mol. The van der Waals surface area contributed by atoms with Crippen LogP contribution in [0.3, 0.4) is 0 Å². The molecule has 5 nitrogen and oxygen atoms in total. The van der Waals surface area contributed by atoms with E-state index in [2.05, 4.69) is 4.74 Å². The number of hydrogen-bond donors (Lipinski definition) is 1. The van der Waals surface area contributed by atoms with Gasteiger partial charge in [-0.2, -0.15) is 13.2 Å². The zero-order valence-corrected chi connectivity index (χ0v) is 12.8. The summed E-state index contributed by atoms with van der Waals surface area (Å²) in [5.41, 5.74) is 3.73. The molecule has 0 heterocycles. The standard InChI is InChI=1S/C13H16F3NO4S/c1-12(2,6-7-21-11(17)18)22(19,20)10-5-3-4-9(8-10)13(14,15)16/h3-5,8H,6-7H2,1-2H3,(H2,17,18). The van der Waals surface area contributed by atoms with E-state index in [-0.39, 0.29) is 13.0 Å². The van der Waals surface area contributed by atoms with E-state index < -0.39 is 37.3 Å². The number of sulfone groups is 1. The van der Waals surface area contributed by atoms with Crippen LogP contribution < -0.4 is 5.73 Å². The van der Waals surface area contributed by atoms with Gasteiger partial charge in [0.2, 0.25) is 0 Å². The summed E-state index contributed by atoms with van der Waals surface area (Å²) in [5, 5.41) is 0. The summed E-state index contributed by atoms with van der Waals surface area (Å²) in [6, 6.07) is 3.52. The average molecular weight is 339 g/mol. The van der Waals surface area contributed by atoms with Crippen LogP contribution in [0, 0.1) is 0 Å². The van der Waals surface area contributed by atoms with Crippen LogP contribution >= 0.6 is 0 Å². The molecule has 0 aliphatic heterocycles. The third kappa shape index (κ3) is 4.12. The van der Waals surface area contributed by atoms with Gasteiger partial charge in [0, 0.05) is 6.42 Å². The number of carbonyl (C=O) groups excluding carboxylic acids is 1. The Kier molecular flexibility index (Phi) is 5.11. The summed E-state index contributed by atoms with van der Waals surface area (Å²) in [6.07, 6.45) is -5.79. The van der Waals surface area contributed by atoms with E-state index in [4.69, 9.17) is 5.73 Å². The maximum absolute atomic E-state index is 12.7. The lowest BCUT2D eigenvalue weighted by atomic mass is 10.1. The van der Waals surface area contributed by atoms with Crippen molar-refractivity contribution in [1.29, 1.82) is 0 Å². The molecule has 9 heteroatoms. The normalized spacial score (nSPS) is 13.0. The fourth-order valence-corrected chi connectivity index (χ4v) is 3.22. The second-order valence-corrected chi connectivity index (χ2v) is 7.79. The Bertz CT molecular complexity index is 653. The van der Waals surface area contributed by atoms with Crippen LogP contribution in [-0.2, 0) is 20.8 Å². The molecule has 1 aromatic carbocycles. The van der Waals surface area contributed by atoms with Gasteiger partial charge in [-0.25, -0.2) is 13.2 Å². The van der Waals surface area contributed by atoms with Crippen molar-refractivity contribution < 1.29 is 31.1 Å². The molecule has 0 aliphatic carbocycles. The zero-order chi connectivity index (χ0) is 17.2. The Labute approximate surface area is 126 Å². The minimum atomic E-state index is -4.63. The zero-order valence-electron chi connectivity index (χ0n) is 12.0. The van der Waals surface area contributed by atoms with Crippen molar-refractivity contribution in [1.82, 2.24) is 0 Å². The molecule has 0 aliphatic rings. The highest BCUT2D eigenvalue weighted by molar-refractivity contribution is 7.92. The quantitative estimate of drug-likeness (QED) is 0.893.